The number of aliphatic hydroxyl groups excluding tert-OH is 2. The molecule has 3 heteroatoms. The molecule has 2 N–H and O–H groups in total. The van der Waals surface area contributed by atoms with Gasteiger partial charge >= 0.3 is 0 Å². The molecule has 0 aromatic carbocycles. The average molecular weight is 188 g/mol. The molecule has 0 fully saturated rings. The van der Waals surface area contributed by atoms with Crippen molar-refractivity contribution in [3.8, 4) is 0 Å². The molecular formula is C10H20O3. The summed E-state index contributed by atoms with van der Waals surface area (Å²) in [6.45, 7) is 10.3. The number of aliphatic hydroxyl groups is 2. The minimum absolute atomic E-state index is 0.125. The molecule has 0 spiro atoms. The first kappa shape index (κ1) is 17.9. The lowest BCUT2D eigenvalue weighted by Gasteiger charge is -1.76. The Labute approximate surface area is 80.7 Å². The van der Waals surface area contributed by atoms with Gasteiger partial charge in [0.2, 0.25) is 0 Å². The van der Waals surface area contributed by atoms with Crippen molar-refractivity contribution >= 4 is 0 Å². The van der Waals surface area contributed by atoms with Crippen LogP contribution in [0, 0.1) is 0 Å². The zero-order chi connectivity index (χ0) is 10.9. The topological polar surface area (TPSA) is 49.7 Å². The number of hydrogen-bond acceptors (Lipinski definition) is 3. The van der Waals surface area contributed by atoms with E-state index in [0.717, 1.165) is 0 Å². The molecule has 0 aromatic heterocycles. The Hall–Kier alpha value is -1.06. The second kappa shape index (κ2) is 30.6. The van der Waals surface area contributed by atoms with E-state index < -0.39 is 0 Å². The molecule has 13 heavy (non-hydrogen) atoms. The van der Waals surface area contributed by atoms with Crippen molar-refractivity contribution in [1.82, 2.24) is 0 Å². The maximum absolute atomic E-state index is 7.62. The molecule has 0 unspecified atom stereocenters. The Kier molecular flexibility index (Phi) is 42.1. The van der Waals surface area contributed by atoms with Crippen LogP contribution in [0.5, 0.6) is 0 Å². The van der Waals surface area contributed by atoms with Crippen LogP contribution in [0.4, 0.5) is 0 Å². The molecule has 3 nitrogen and oxygen atoms in total. The number of hydrogen-bond donors (Lipinski definition) is 2. The zero-order valence-corrected chi connectivity index (χ0v) is 8.44. The van der Waals surface area contributed by atoms with Gasteiger partial charge in [0.1, 0.15) is 0 Å². The third-order valence-corrected chi connectivity index (χ3v) is 0.626. The maximum atomic E-state index is 7.62. The van der Waals surface area contributed by atoms with Crippen LogP contribution >= 0.6 is 0 Å². The maximum Gasteiger partial charge on any atom is 0.0829 e. The quantitative estimate of drug-likeness (QED) is 0.525. The van der Waals surface area contributed by atoms with Gasteiger partial charge in [0, 0.05) is 0 Å². The van der Waals surface area contributed by atoms with Crippen LogP contribution in [0.3, 0.4) is 0 Å². The molecule has 0 aliphatic rings. The summed E-state index contributed by atoms with van der Waals surface area (Å²) in [4.78, 5) is 0. The van der Waals surface area contributed by atoms with E-state index >= 15 is 0 Å². The summed E-state index contributed by atoms with van der Waals surface area (Å²) in [5.74, 6) is 0. The fourth-order valence-electron chi connectivity index (χ4n) is 0.0680. The minimum atomic E-state index is -0.125. The summed E-state index contributed by atoms with van der Waals surface area (Å²) in [5, 5.41) is 15.2. The van der Waals surface area contributed by atoms with E-state index in [-0.39, 0.29) is 13.2 Å². The summed E-state index contributed by atoms with van der Waals surface area (Å²) in [6, 6.07) is 0. The van der Waals surface area contributed by atoms with E-state index in [1.807, 2.05) is 26.0 Å². The molecule has 0 atom stereocenters. The first-order chi connectivity index (χ1) is 6.24. The Bertz CT molecular complexity index is 96.7. The summed E-state index contributed by atoms with van der Waals surface area (Å²) in [5.41, 5.74) is 0. The smallest absolute Gasteiger partial charge is 0.0829 e. The highest BCUT2D eigenvalue weighted by Crippen LogP contribution is 1.65. The van der Waals surface area contributed by atoms with Gasteiger partial charge < -0.3 is 14.9 Å². The van der Waals surface area contributed by atoms with E-state index in [4.69, 9.17) is 10.2 Å². The molecule has 0 aliphatic carbocycles. The van der Waals surface area contributed by atoms with Gasteiger partial charge in [0.25, 0.3) is 0 Å². The minimum Gasteiger partial charge on any atom is -0.474 e. The van der Waals surface area contributed by atoms with Gasteiger partial charge in [-0.15, -0.1) is 0 Å². The molecule has 0 aliphatic heterocycles. The molecule has 78 valence electrons. The van der Waals surface area contributed by atoms with E-state index in [9.17, 15) is 0 Å². The molecule has 0 amide bonds. The molecule has 0 radical (unpaired) electrons. The van der Waals surface area contributed by atoms with Crippen LogP contribution in [0.2, 0.25) is 0 Å². The predicted molar refractivity (Wildman–Crippen MR) is 56.1 cm³/mol. The van der Waals surface area contributed by atoms with Gasteiger partial charge in [-0.3, -0.25) is 0 Å². The lowest BCUT2D eigenvalue weighted by molar-refractivity contribution is 0.186. The van der Waals surface area contributed by atoms with Gasteiger partial charge in [-0.05, 0) is 13.8 Å². The standard InChI is InChI=1S/C4H6O.C4H8.C2H6O2/c1-3-5-4-2;1-3-4-2;3-1-2-4/h3-4H,1-2H2;3-4H,1-2H3;3-4H,1-2H2/b;4-3+;. The Morgan fingerprint density at radius 2 is 1.31 bits per heavy atom. The lowest BCUT2D eigenvalue weighted by atomic mass is 10.6. The van der Waals surface area contributed by atoms with Crippen molar-refractivity contribution in [1.29, 1.82) is 0 Å². The Morgan fingerprint density at radius 1 is 1.00 bits per heavy atom. The molecule has 0 saturated carbocycles. The highest BCUT2D eigenvalue weighted by molar-refractivity contribution is 4.68. The summed E-state index contributed by atoms with van der Waals surface area (Å²) >= 11 is 0. The third-order valence-electron chi connectivity index (χ3n) is 0.626. The molecule has 0 bridgehead atoms. The van der Waals surface area contributed by atoms with Gasteiger partial charge in [0.15, 0.2) is 0 Å². The van der Waals surface area contributed by atoms with Crippen molar-refractivity contribution in [3.63, 3.8) is 0 Å². The van der Waals surface area contributed by atoms with Crippen LogP contribution < -0.4 is 0 Å². The third kappa shape index (κ3) is 101. The zero-order valence-electron chi connectivity index (χ0n) is 8.44. The van der Waals surface area contributed by atoms with Crippen molar-refractivity contribution in [2.75, 3.05) is 13.2 Å². The van der Waals surface area contributed by atoms with Crippen molar-refractivity contribution in [2.45, 2.75) is 13.8 Å². The van der Waals surface area contributed by atoms with E-state index in [2.05, 4.69) is 17.9 Å². The Balaban J connectivity index is -0.000000117. The summed E-state index contributed by atoms with van der Waals surface area (Å²) in [6.07, 6.45) is 6.62. The summed E-state index contributed by atoms with van der Waals surface area (Å²) < 4.78 is 4.36. The molecule has 0 aromatic rings. The van der Waals surface area contributed by atoms with Crippen molar-refractivity contribution < 1.29 is 14.9 Å². The van der Waals surface area contributed by atoms with E-state index in [0.29, 0.717) is 0 Å². The van der Waals surface area contributed by atoms with E-state index in [1.165, 1.54) is 12.5 Å². The fourth-order valence-corrected chi connectivity index (χ4v) is 0.0680. The second-order valence-electron chi connectivity index (χ2n) is 1.58. The highest BCUT2D eigenvalue weighted by atomic mass is 16.5. The second-order valence-corrected chi connectivity index (χ2v) is 1.58. The van der Waals surface area contributed by atoms with Gasteiger partial charge in [0.05, 0.1) is 25.7 Å². The van der Waals surface area contributed by atoms with Crippen LogP contribution in [-0.4, -0.2) is 23.4 Å². The number of ether oxygens (including phenoxy) is 1. The van der Waals surface area contributed by atoms with E-state index in [1.54, 1.807) is 0 Å². The largest absolute Gasteiger partial charge is 0.474 e. The van der Waals surface area contributed by atoms with Gasteiger partial charge in [-0.2, -0.15) is 0 Å². The first-order valence-electron chi connectivity index (χ1n) is 3.91. The summed E-state index contributed by atoms with van der Waals surface area (Å²) in [7, 11) is 0. The van der Waals surface area contributed by atoms with Crippen LogP contribution in [0.25, 0.3) is 0 Å². The SMILES string of the molecule is C/C=C/C.C=COC=C.OCCO. The lowest BCUT2D eigenvalue weighted by Crippen LogP contribution is -1.85. The fraction of sp³-hybridized carbons (Fsp3) is 0.400. The van der Waals surface area contributed by atoms with Crippen molar-refractivity contribution in [3.05, 3.63) is 37.8 Å². The molecular weight excluding hydrogens is 168 g/mol. The van der Waals surface area contributed by atoms with Crippen LogP contribution in [-0.2, 0) is 4.74 Å². The normalized spacial score (nSPS) is 7.38. The number of allylic oxidation sites excluding steroid dienone is 2. The van der Waals surface area contributed by atoms with Gasteiger partial charge in [-0.1, -0.05) is 25.3 Å². The van der Waals surface area contributed by atoms with Crippen molar-refractivity contribution in [2.24, 2.45) is 0 Å². The predicted octanol–water partition coefficient (Wildman–Crippen LogP) is 1.84. The molecule has 0 heterocycles. The number of rotatable bonds is 3. The van der Waals surface area contributed by atoms with Crippen LogP contribution in [0.1, 0.15) is 13.8 Å². The van der Waals surface area contributed by atoms with Crippen LogP contribution in [0.15, 0.2) is 37.8 Å². The monoisotopic (exact) mass is 188 g/mol. The Morgan fingerprint density at radius 3 is 1.31 bits per heavy atom. The first-order valence-corrected chi connectivity index (χ1v) is 3.91. The van der Waals surface area contributed by atoms with Gasteiger partial charge in [-0.25, -0.2) is 0 Å². The average Bonchev–Trinajstić information content (AvgIpc) is 2.20. The molecule has 0 saturated heterocycles. The highest BCUT2D eigenvalue weighted by Gasteiger charge is 1.58. The molecule has 0 rings (SSSR count).